The molecule has 0 aromatic heterocycles. The Balaban J connectivity index is 1.69. The van der Waals surface area contributed by atoms with Crippen molar-refractivity contribution < 1.29 is 19.5 Å². The summed E-state index contributed by atoms with van der Waals surface area (Å²) in [7, 11) is 0. The van der Waals surface area contributed by atoms with Crippen LogP contribution in [-0.4, -0.2) is 53.2 Å². The second-order valence-corrected chi connectivity index (χ2v) is 8.10. The highest BCUT2D eigenvalue weighted by atomic mass is 32.2. The molecular weight excluding hydrogens is 364 g/mol. The van der Waals surface area contributed by atoms with Crippen LogP contribution in [0.2, 0.25) is 0 Å². The number of anilines is 1. The molecular formula is C20H26N2O4S. The Morgan fingerprint density at radius 3 is 2.85 bits per heavy atom. The standard InChI is InChI=1S/C20H26N2O4S/c1-27-17-7-4-6-16(12-17)22-13-14(11-18(22)23)20(26)21-10-3-2-5-15(21)8-9-19(24)25/h4,6-7,12,14-15H,2-3,5,8-11,13H2,1H3,(H,24,25). The van der Waals surface area contributed by atoms with E-state index in [1.54, 1.807) is 16.7 Å². The second kappa shape index (κ2) is 8.78. The van der Waals surface area contributed by atoms with Crippen molar-refractivity contribution in [3.8, 4) is 0 Å². The Kier molecular flexibility index (Phi) is 6.42. The minimum atomic E-state index is -0.830. The fourth-order valence-corrected chi connectivity index (χ4v) is 4.47. The molecule has 7 heteroatoms. The van der Waals surface area contributed by atoms with Gasteiger partial charge in [0.2, 0.25) is 11.8 Å². The number of carbonyl (C=O) groups is 3. The average Bonchev–Trinajstić information content (AvgIpc) is 3.07. The van der Waals surface area contributed by atoms with Crippen LogP contribution >= 0.6 is 11.8 Å². The summed E-state index contributed by atoms with van der Waals surface area (Å²) in [6.07, 6.45) is 5.59. The van der Waals surface area contributed by atoms with E-state index in [0.717, 1.165) is 29.8 Å². The number of aliphatic carboxylic acids is 1. The summed E-state index contributed by atoms with van der Waals surface area (Å²) >= 11 is 1.62. The van der Waals surface area contributed by atoms with E-state index in [4.69, 9.17) is 5.11 Å². The summed E-state index contributed by atoms with van der Waals surface area (Å²) in [5.41, 5.74) is 0.836. The zero-order valence-corrected chi connectivity index (χ0v) is 16.4. The van der Waals surface area contributed by atoms with Crippen LogP contribution in [0.4, 0.5) is 5.69 Å². The molecule has 2 aliphatic rings. The third-order valence-electron chi connectivity index (χ3n) is 5.44. The molecule has 1 N–H and O–H groups in total. The van der Waals surface area contributed by atoms with Crippen molar-refractivity contribution in [2.24, 2.45) is 5.92 Å². The van der Waals surface area contributed by atoms with Gasteiger partial charge in [-0.05, 0) is 50.1 Å². The lowest BCUT2D eigenvalue weighted by Gasteiger charge is -2.37. The summed E-state index contributed by atoms with van der Waals surface area (Å²) < 4.78 is 0. The molecule has 1 aromatic carbocycles. The number of rotatable bonds is 6. The van der Waals surface area contributed by atoms with Crippen molar-refractivity contribution in [1.82, 2.24) is 4.90 Å². The van der Waals surface area contributed by atoms with Gasteiger partial charge in [-0.1, -0.05) is 6.07 Å². The molecule has 2 heterocycles. The number of carboxylic acids is 1. The number of amides is 2. The Morgan fingerprint density at radius 1 is 1.30 bits per heavy atom. The number of carboxylic acid groups (broad SMARTS) is 1. The molecule has 0 spiro atoms. The van der Waals surface area contributed by atoms with Crippen LogP contribution in [0, 0.1) is 5.92 Å². The van der Waals surface area contributed by atoms with Crippen LogP contribution in [0.3, 0.4) is 0 Å². The Morgan fingerprint density at radius 2 is 2.11 bits per heavy atom. The van der Waals surface area contributed by atoms with Gasteiger partial charge in [0.25, 0.3) is 0 Å². The molecule has 6 nitrogen and oxygen atoms in total. The molecule has 2 atom stereocenters. The molecule has 146 valence electrons. The topological polar surface area (TPSA) is 77.9 Å². The summed E-state index contributed by atoms with van der Waals surface area (Å²) in [5, 5.41) is 8.96. The minimum Gasteiger partial charge on any atom is -0.481 e. The van der Waals surface area contributed by atoms with Gasteiger partial charge in [-0.3, -0.25) is 14.4 Å². The van der Waals surface area contributed by atoms with E-state index in [2.05, 4.69) is 0 Å². The Labute approximate surface area is 163 Å². The second-order valence-electron chi connectivity index (χ2n) is 7.22. The summed E-state index contributed by atoms with van der Waals surface area (Å²) in [4.78, 5) is 41.2. The van der Waals surface area contributed by atoms with Gasteiger partial charge in [0.05, 0.1) is 5.92 Å². The van der Waals surface area contributed by atoms with Gasteiger partial charge in [0.15, 0.2) is 0 Å². The Bertz CT molecular complexity index is 724. The lowest BCUT2D eigenvalue weighted by molar-refractivity contribution is -0.142. The maximum absolute atomic E-state index is 13.1. The fourth-order valence-electron chi connectivity index (χ4n) is 4.02. The minimum absolute atomic E-state index is 0.00181. The van der Waals surface area contributed by atoms with Crippen LogP contribution in [-0.2, 0) is 14.4 Å². The van der Waals surface area contributed by atoms with E-state index in [1.165, 1.54) is 0 Å². The Hall–Kier alpha value is -2.02. The lowest BCUT2D eigenvalue weighted by Crippen LogP contribution is -2.47. The van der Waals surface area contributed by atoms with Crippen molar-refractivity contribution in [3.63, 3.8) is 0 Å². The molecule has 0 radical (unpaired) electrons. The van der Waals surface area contributed by atoms with Crippen molar-refractivity contribution in [1.29, 1.82) is 0 Å². The smallest absolute Gasteiger partial charge is 0.303 e. The molecule has 2 fully saturated rings. The number of benzene rings is 1. The van der Waals surface area contributed by atoms with E-state index in [1.807, 2.05) is 35.4 Å². The van der Waals surface area contributed by atoms with Gasteiger partial charge in [-0.15, -0.1) is 11.8 Å². The molecule has 3 rings (SSSR count). The first kappa shape index (κ1) is 19.7. The monoisotopic (exact) mass is 390 g/mol. The van der Waals surface area contributed by atoms with Gasteiger partial charge < -0.3 is 14.9 Å². The van der Waals surface area contributed by atoms with Gasteiger partial charge in [0, 0.05) is 42.6 Å². The van der Waals surface area contributed by atoms with Crippen molar-refractivity contribution in [3.05, 3.63) is 24.3 Å². The van der Waals surface area contributed by atoms with Crippen LogP contribution in [0.1, 0.15) is 38.5 Å². The predicted molar refractivity (Wildman–Crippen MR) is 105 cm³/mol. The number of carbonyl (C=O) groups excluding carboxylic acids is 2. The zero-order valence-electron chi connectivity index (χ0n) is 15.6. The largest absolute Gasteiger partial charge is 0.481 e. The van der Waals surface area contributed by atoms with E-state index in [-0.39, 0.29) is 36.6 Å². The summed E-state index contributed by atoms with van der Waals surface area (Å²) in [6, 6.07) is 7.78. The maximum Gasteiger partial charge on any atom is 0.303 e. The molecule has 2 amide bonds. The van der Waals surface area contributed by atoms with E-state index < -0.39 is 5.97 Å². The first-order chi connectivity index (χ1) is 13.0. The quantitative estimate of drug-likeness (QED) is 0.756. The van der Waals surface area contributed by atoms with Crippen molar-refractivity contribution >= 4 is 35.2 Å². The number of nitrogens with zero attached hydrogens (tertiary/aromatic N) is 2. The van der Waals surface area contributed by atoms with Crippen LogP contribution < -0.4 is 4.90 Å². The number of likely N-dealkylation sites (tertiary alicyclic amines) is 1. The van der Waals surface area contributed by atoms with Crippen LogP contribution in [0.15, 0.2) is 29.2 Å². The number of hydrogen-bond acceptors (Lipinski definition) is 4. The van der Waals surface area contributed by atoms with Gasteiger partial charge in [0.1, 0.15) is 0 Å². The third-order valence-corrected chi connectivity index (χ3v) is 6.17. The summed E-state index contributed by atoms with van der Waals surface area (Å²) in [5.74, 6) is -1.20. The van der Waals surface area contributed by atoms with Gasteiger partial charge in [-0.25, -0.2) is 0 Å². The molecule has 0 saturated carbocycles. The molecule has 27 heavy (non-hydrogen) atoms. The zero-order chi connectivity index (χ0) is 19.4. The van der Waals surface area contributed by atoms with E-state index in [0.29, 0.717) is 19.5 Å². The maximum atomic E-state index is 13.1. The first-order valence-corrected chi connectivity index (χ1v) is 10.7. The number of hydrogen-bond donors (Lipinski definition) is 1. The van der Waals surface area contributed by atoms with Crippen LogP contribution in [0.25, 0.3) is 0 Å². The number of piperidine rings is 1. The van der Waals surface area contributed by atoms with E-state index in [9.17, 15) is 14.4 Å². The van der Waals surface area contributed by atoms with Gasteiger partial charge >= 0.3 is 5.97 Å². The van der Waals surface area contributed by atoms with Crippen molar-refractivity contribution in [2.75, 3.05) is 24.2 Å². The number of thioether (sulfide) groups is 1. The fraction of sp³-hybridized carbons (Fsp3) is 0.550. The molecule has 2 saturated heterocycles. The normalized spacial score (nSPS) is 22.9. The molecule has 2 aliphatic heterocycles. The third kappa shape index (κ3) is 4.64. The molecule has 1 aromatic rings. The summed E-state index contributed by atoms with van der Waals surface area (Å²) in [6.45, 7) is 1.06. The molecule has 0 bridgehead atoms. The lowest BCUT2D eigenvalue weighted by atomic mass is 9.95. The molecule has 0 aliphatic carbocycles. The highest BCUT2D eigenvalue weighted by Gasteiger charge is 2.39. The average molecular weight is 391 g/mol. The SMILES string of the molecule is CSc1cccc(N2CC(C(=O)N3CCCCC3CCC(=O)O)CC2=O)c1. The predicted octanol–water partition coefficient (Wildman–Crippen LogP) is 3.01. The van der Waals surface area contributed by atoms with E-state index >= 15 is 0 Å². The van der Waals surface area contributed by atoms with Crippen molar-refractivity contribution in [2.45, 2.75) is 49.5 Å². The first-order valence-electron chi connectivity index (χ1n) is 9.46. The highest BCUT2D eigenvalue weighted by Crippen LogP contribution is 2.31. The van der Waals surface area contributed by atoms with Crippen LogP contribution in [0.5, 0.6) is 0 Å². The molecule has 2 unspecified atom stereocenters. The van der Waals surface area contributed by atoms with Gasteiger partial charge in [-0.2, -0.15) is 0 Å². The highest BCUT2D eigenvalue weighted by molar-refractivity contribution is 7.98.